The molecule has 2 aromatic rings. The molecule has 0 amide bonds. The molecule has 2 rings (SSSR count). The predicted octanol–water partition coefficient (Wildman–Crippen LogP) is 2.90. The highest BCUT2D eigenvalue weighted by Gasteiger charge is 2.08. The molecule has 0 spiro atoms. The number of aromatic nitrogens is 1. The van der Waals surface area contributed by atoms with Gasteiger partial charge in [0.1, 0.15) is 0 Å². The van der Waals surface area contributed by atoms with E-state index in [4.69, 9.17) is 5.73 Å². The average Bonchev–Trinajstić information content (AvgIpc) is 2.75. The molecule has 19 heavy (non-hydrogen) atoms. The summed E-state index contributed by atoms with van der Waals surface area (Å²) >= 11 is 1.70. The van der Waals surface area contributed by atoms with Gasteiger partial charge in [0, 0.05) is 18.1 Å². The van der Waals surface area contributed by atoms with Gasteiger partial charge in [0.2, 0.25) is 0 Å². The van der Waals surface area contributed by atoms with Gasteiger partial charge in [-0.05, 0) is 44.0 Å². The second kappa shape index (κ2) is 6.17. The normalized spacial score (nSPS) is 10.7. The van der Waals surface area contributed by atoms with Crippen LogP contribution in [0.1, 0.15) is 21.8 Å². The zero-order valence-corrected chi connectivity index (χ0v) is 12.6. The topological polar surface area (TPSA) is 42.2 Å². The molecule has 102 valence electrons. The first-order valence-electron chi connectivity index (χ1n) is 6.52. The van der Waals surface area contributed by atoms with E-state index < -0.39 is 0 Å². The molecule has 0 saturated heterocycles. The third kappa shape index (κ3) is 3.55. The van der Waals surface area contributed by atoms with Gasteiger partial charge in [0.25, 0.3) is 0 Å². The van der Waals surface area contributed by atoms with E-state index in [0.29, 0.717) is 6.54 Å². The summed E-state index contributed by atoms with van der Waals surface area (Å²) in [6, 6.07) is 6.57. The average molecular weight is 275 g/mol. The Kier molecular flexibility index (Phi) is 4.56. The van der Waals surface area contributed by atoms with Crippen LogP contribution >= 0.6 is 11.3 Å². The second-order valence-corrected chi connectivity index (χ2v) is 5.94. The lowest BCUT2D eigenvalue weighted by Crippen LogP contribution is -2.17. The Morgan fingerprint density at radius 2 is 2.11 bits per heavy atom. The van der Waals surface area contributed by atoms with E-state index in [0.717, 1.165) is 23.7 Å². The van der Waals surface area contributed by atoms with Crippen LogP contribution in [0.3, 0.4) is 0 Å². The zero-order chi connectivity index (χ0) is 13.8. The van der Waals surface area contributed by atoms with Crippen LogP contribution < -0.4 is 10.6 Å². The molecule has 0 aliphatic rings. The fourth-order valence-corrected chi connectivity index (χ4v) is 2.88. The molecule has 0 aliphatic carbocycles. The lowest BCUT2D eigenvalue weighted by Gasteiger charge is -2.21. The van der Waals surface area contributed by atoms with Crippen LogP contribution in [0, 0.1) is 13.8 Å². The molecular weight excluding hydrogens is 254 g/mol. The summed E-state index contributed by atoms with van der Waals surface area (Å²) < 4.78 is 0. The molecule has 4 heteroatoms. The Hall–Kier alpha value is -1.39. The van der Waals surface area contributed by atoms with Crippen molar-refractivity contribution in [2.75, 3.05) is 18.5 Å². The number of nitrogens with two attached hydrogens (primary N) is 1. The van der Waals surface area contributed by atoms with E-state index in [1.165, 1.54) is 16.8 Å². The van der Waals surface area contributed by atoms with E-state index in [-0.39, 0.29) is 0 Å². The standard InChI is InChI=1S/C15H21N3S/c1-11-8-13(6-7-16)4-5-15(11)18(3)9-14-10-19-12(2)17-14/h4-5,8,10H,6-7,9,16H2,1-3H3. The molecule has 0 saturated carbocycles. The summed E-state index contributed by atoms with van der Waals surface area (Å²) in [5, 5.41) is 3.25. The molecule has 0 bridgehead atoms. The Morgan fingerprint density at radius 1 is 1.32 bits per heavy atom. The molecule has 0 aliphatic heterocycles. The third-order valence-corrected chi connectivity index (χ3v) is 3.99. The van der Waals surface area contributed by atoms with Gasteiger partial charge in [-0.1, -0.05) is 12.1 Å². The Bertz CT molecular complexity index is 548. The molecule has 1 heterocycles. The van der Waals surface area contributed by atoms with Crippen molar-refractivity contribution in [1.82, 2.24) is 4.98 Å². The van der Waals surface area contributed by atoms with Gasteiger partial charge < -0.3 is 10.6 Å². The van der Waals surface area contributed by atoms with Crippen molar-refractivity contribution in [3.8, 4) is 0 Å². The Balaban J connectivity index is 2.12. The maximum Gasteiger partial charge on any atom is 0.0898 e. The van der Waals surface area contributed by atoms with E-state index in [1.54, 1.807) is 11.3 Å². The van der Waals surface area contributed by atoms with Crippen LogP contribution in [-0.4, -0.2) is 18.6 Å². The van der Waals surface area contributed by atoms with Gasteiger partial charge in [0.05, 0.1) is 17.2 Å². The van der Waals surface area contributed by atoms with Crippen molar-refractivity contribution in [2.45, 2.75) is 26.8 Å². The summed E-state index contributed by atoms with van der Waals surface area (Å²) in [5.74, 6) is 0. The van der Waals surface area contributed by atoms with Gasteiger partial charge in [-0.15, -0.1) is 11.3 Å². The van der Waals surface area contributed by atoms with Crippen LogP contribution in [0.4, 0.5) is 5.69 Å². The second-order valence-electron chi connectivity index (χ2n) is 4.87. The first kappa shape index (κ1) is 14.0. The largest absolute Gasteiger partial charge is 0.368 e. The number of hydrogen-bond acceptors (Lipinski definition) is 4. The van der Waals surface area contributed by atoms with Gasteiger partial charge in [-0.3, -0.25) is 0 Å². The first-order chi connectivity index (χ1) is 9.10. The maximum absolute atomic E-state index is 5.60. The van der Waals surface area contributed by atoms with E-state index in [1.807, 2.05) is 6.92 Å². The number of aryl methyl sites for hydroxylation is 2. The minimum Gasteiger partial charge on any atom is -0.368 e. The van der Waals surface area contributed by atoms with Gasteiger partial charge in [-0.2, -0.15) is 0 Å². The van der Waals surface area contributed by atoms with Crippen LogP contribution in [0.5, 0.6) is 0 Å². The molecule has 1 aromatic carbocycles. The van der Waals surface area contributed by atoms with Crippen LogP contribution in [0.2, 0.25) is 0 Å². The summed E-state index contributed by atoms with van der Waals surface area (Å²) in [4.78, 5) is 6.76. The van der Waals surface area contributed by atoms with Gasteiger partial charge >= 0.3 is 0 Å². The van der Waals surface area contributed by atoms with Gasteiger partial charge in [-0.25, -0.2) is 4.98 Å². The molecule has 2 N–H and O–H groups in total. The third-order valence-electron chi connectivity index (χ3n) is 3.17. The lowest BCUT2D eigenvalue weighted by atomic mass is 10.1. The summed E-state index contributed by atoms with van der Waals surface area (Å²) in [6.07, 6.45) is 0.941. The zero-order valence-electron chi connectivity index (χ0n) is 11.8. The summed E-state index contributed by atoms with van der Waals surface area (Å²) in [7, 11) is 2.11. The smallest absolute Gasteiger partial charge is 0.0898 e. The number of anilines is 1. The van der Waals surface area contributed by atoms with Gasteiger partial charge in [0.15, 0.2) is 0 Å². The van der Waals surface area contributed by atoms with Crippen LogP contribution in [0.15, 0.2) is 23.6 Å². The number of rotatable bonds is 5. The fraction of sp³-hybridized carbons (Fsp3) is 0.400. The minimum absolute atomic E-state index is 0.701. The molecule has 0 fully saturated rings. The van der Waals surface area contributed by atoms with Crippen LogP contribution in [0.25, 0.3) is 0 Å². The minimum atomic E-state index is 0.701. The van der Waals surface area contributed by atoms with E-state index in [9.17, 15) is 0 Å². The molecular formula is C15H21N3S. The van der Waals surface area contributed by atoms with Crippen molar-refractivity contribution in [2.24, 2.45) is 5.73 Å². The Morgan fingerprint density at radius 3 is 2.68 bits per heavy atom. The van der Waals surface area contributed by atoms with E-state index in [2.05, 4.69) is 47.4 Å². The highest BCUT2D eigenvalue weighted by Crippen LogP contribution is 2.22. The highest BCUT2D eigenvalue weighted by atomic mass is 32.1. The molecule has 0 unspecified atom stereocenters. The first-order valence-corrected chi connectivity index (χ1v) is 7.40. The highest BCUT2D eigenvalue weighted by molar-refractivity contribution is 7.09. The van der Waals surface area contributed by atoms with Crippen LogP contribution in [-0.2, 0) is 13.0 Å². The Labute approximate surface area is 119 Å². The van der Waals surface area contributed by atoms with Crippen molar-refractivity contribution >= 4 is 17.0 Å². The quantitative estimate of drug-likeness (QED) is 0.912. The van der Waals surface area contributed by atoms with E-state index >= 15 is 0 Å². The number of benzene rings is 1. The summed E-state index contributed by atoms with van der Waals surface area (Å²) in [6.45, 7) is 5.74. The van der Waals surface area contributed by atoms with Crippen molar-refractivity contribution in [1.29, 1.82) is 0 Å². The lowest BCUT2D eigenvalue weighted by molar-refractivity contribution is 0.883. The molecule has 0 atom stereocenters. The molecule has 1 aromatic heterocycles. The number of hydrogen-bond donors (Lipinski definition) is 1. The van der Waals surface area contributed by atoms with Crippen molar-refractivity contribution in [3.63, 3.8) is 0 Å². The summed E-state index contributed by atoms with van der Waals surface area (Å²) in [5.41, 5.74) is 10.6. The fourth-order valence-electron chi connectivity index (χ4n) is 2.28. The predicted molar refractivity (Wildman–Crippen MR) is 82.9 cm³/mol. The molecule has 0 radical (unpaired) electrons. The number of thiazole rings is 1. The van der Waals surface area contributed by atoms with Crippen molar-refractivity contribution in [3.05, 3.63) is 45.4 Å². The monoisotopic (exact) mass is 275 g/mol. The maximum atomic E-state index is 5.60. The van der Waals surface area contributed by atoms with Crippen molar-refractivity contribution < 1.29 is 0 Å². The molecule has 3 nitrogen and oxygen atoms in total. The SMILES string of the molecule is Cc1nc(CN(C)c2ccc(CCN)cc2C)cs1. The number of nitrogens with zero attached hydrogens (tertiary/aromatic N) is 2.